The molecule has 1 spiro atoms. The molecule has 0 saturated heterocycles. The van der Waals surface area contributed by atoms with Crippen molar-refractivity contribution in [1.29, 1.82) is 0 Å². The molecule has 6 rings (SSSR count). The number of anilines is 1. The van der Waals surface area contributed by atoms with Gasteiger partial charge in [-0.15, -0.1) is 0 Å². The fourth-order valence-corrected chi connectivity index (χ4v) is 9.39. The molecule has 0 radical (unpaired) electrons. The van der Waals surface area contributed by atoms with Gasteiger partial charge in [0.1, 0.15) is 5.75 Å². The fourth-order valence-electron chi connectivity index (χ4n) is 7.57. The van der Waals surface area contributed by atoms with Crippen LogP contribution in [-0.2, 0) is 21.5 Å². The van der Waals surface area contributed by atoms with Gasteiger partial charge in [-0.25, -0.2) is 4.21 Å². The lowest BCUT2D eigenvalue weighted by Crippen LogP contribution is -2.49. The molecule has 1 unspecified atom stereocenters. The zero-order valence-corrected chi connectivity index (χ0v) is 24.9. The van der Waals surface area contributed by atoms with Crippen molar-refractivity contribution < 1.29 is 18.8 Å². The molecule has 2 heterocycles. The number of rotatable bonds is 0. The zero-order valence-electron chi connectivity index (χ0n) is 23.4. The van der Waals surface area contributed by atoms with E-state index in [-0.39, 0.29) is 29.3 Å². The highest BCUT2D eigenvalue weighted by molar-refractivity contribution is 7.99. The Kier molecular flexibility index (Phi) is 7.60. The monoisotopic (exact) mass is 584 g/mol. The number of fused-ring (bicyclic) bond motifs is 4. The summed E-state index contributed by atoms with van der Waals surface area (Å²) >= 11 is 6.39. The zero-order chi connectivity index (χ0) is 28.1. The third-order valence-electron chi connectivity index (χ3n) is 9.75. The molecule has 0 aromatic heterocycles. The van der Waals surface area contributed by atoms with Crippen LogP contribution in [-0.4, -0.2) is 52.6 Å². The molecule has 6 atom stereocenters. The van der Waals surface area contributed by atoms with Gasteiger partial charge in [0.2, 0.25) is 0 Å². The van der Waals surface area contributed by atoms with E-state index in [2.05, 4.69) is 27.6 Å². The summed E-state index contributed by atoms with van der Waals surface area (Å²) in [5, 5.41) is 11.9. The lowest BCUT2D eigenvalue weighted by Gasteiger charge is -2.45. The van der Waals surface area contributed by atoms with E-state index in [1.54, 1.807) is 6.07 Å². The minimum atomic E-state index is -2.80. The van der Waals surface area contributed by atoms with Gasteiger partial charge in [-0.2, -0.15) is 0 Å². The van der Waals surface area contributed by atoms with Crippen LogP contribution in [0, 0.1) is 17.8 Å². The number of nitrogens with one attached hydrogen (secondary N) is 1. The van der Waals surface area contributed by atoms with Crippen molar-refractivity contribution in [3.05, 3.63) is 58.1 Å². The maximum atomic E-state index is 13.3. The number of halogens is 1. The van der Waals surface area contributed by atoms with Crippen molar-refractivity contribution in [2.45, 2.75) is 69.8 Å². The van der Waals surface area contributed by atoms with Gasteiger partial charge in [-0.05, 0) is 110 Å². The number of aliphatic hydroxyl groups excluding tert-OH is 1. The molecule has 1 amide bonds. The summed E-state index contributed by atoms with van der Waals surface area (Å²) in [5.41, 5.74) is 3.74. The van der Waals surface area contributed by atoms with Crippen molar-refractivity contribution in [2.75, 3.05) is 30.3 Å². The Balaban J connectivity index is 1.40. The lowest BCUT2D eigenvalue weighted by atomic mass is 9.68. The number of hydrogen-bond donors (Lipinski definition) is 2. The summed E-state index contributed by atoms with van der Waals surface area (Å²) < 4.78 is 22.6. The van der Waals surface area contributed by atoms with Crippen LogP contribution in [0.1, 0.15) is 73.4 Å². The number of benzene rings is 2. The van der Waals surface area contributed by atoms with Gasteiger partial charge in [0.15, 0.2) is 0 Å². The van der Waals surface area contributed by atoms with Crippen molar-refractivity contribution >= 4 is 38.8 Å². The molecule has 2 aliphatic heterocycles. The Morgan fingerprint density at radius 3 is 2.80 bits per heavy atom. The number of aryl methyl sites for hydroxylation is 1. The standard InChI is InChI=1S/C32H41ClN2O4S/c1-21-5-3-7-29(36)26-11-8-24(26)17-35-19-32(14-4-6-22-15-25(33)10-12-27(22)32)20-39-30-13-9-23(16-28(30)35)31(37)34-40(2,38)18-21/h9-10,12-13,15-16,21,24,26,29,36H,2-8,11,14,17-20H2,1H3,(H,34,37,38)/t21-,24+,26-,29+,32+,40?/m1/s1. The SMILES string of the molecule is C=S1(=O)C[C@H](C)CCC[C@H](O)[C@@H]2CC[C@H]2CN2C[C@@]3(CCCc4cc(Cl)ccc43)COc3ccc(cc32)C(=O)N1. The van der Waals surface area contributed by atoms with Crippen LogP contribution in [0.5, 0.6) is 5.75 Å². The number of hydrogen-bond acceptors (Lipinski definition) is 5. The van der Waals surface area contributed by atoms with Crippen molar-refractivity contribution in [2.24, 2.45) is 17.8 Å². The molecule has 216 valence electrons. The van der Waals surface area contributed by atoms with Crippen LogP contribution in [0.4, 0.5) is 5.69 Å². The van der Waals surface area contributed by atoms with Gasteiger partial charge >= 0.3 is 0 Å². The first-order valence-electron chi connectivity index (χ1n) is 14.8. The molecule has 2 aliphatic carbocycles. The summed E-state index contributed by atoms with van der Waals surface area (Å²) in [6, 6.07) is 11.8. The predicted molar refractivity (Wildman–Crippen MR) is 163 cm³/mol. The van der Waals surface area contributed by atoms with Crippen LogP contribution in [0.15, 0.2) is 36.4 Å². The Morgan fingerprint density at radius 1 is 1.15 bits per heavy atom. The molecular formula is C32H41ClN2O4S. The Bertz CT molecular complexity index is 1400. The second-order valence-electron chi connectivity index (χ2n) is 12.8. The van der Waals surface area contributed by atoms with E-state index < -0.39 is 9.71 Å². The number of ether oxygens (including phenoxy) is 1. The van der Waals surface area contributed by atoms with Crippen LogP contribution in [0.3, 0.4) is 0 Å². The van der Waals surface area contributed by atoms with E-state index in [0.717, 1.165) is 80.9 Å². The van der Waals surface area contributed by atoms with Gasteiger partial charge in [0.05, 0.1) is 18.4 Å². The number of carbonyl (C=O) groups is 1. The number of nitrogens with zero attached hydrogens (tertiary/aromatic N) is 1. The predicted octanol–water partition coefficient (Wildman–Crippen LogP) is 5.38. The molecule has 8 heteroatoms. The van der Waals surface area contributed by atoms with E-state index in [9.17, 15) is 14.1 Å². The Morgan fingerprint density at radius 2 is 2.00 bits per heavy atom. The van der Waals surface area contributed by atoms with E-state index >= 15 is 0 Å². The molecule has 2 bridgehead atoms. The first kappa shape index (κ1) is 27.9. The first-order chi connectivity index (χ1) is 19.1. The second kappa shape index (κ2) is 10.9. The maximum absolute atomic E-state index is 13.3. The molecule has 1 saturated carbocycles. The summed E-state index contributed by atoms with van der Waals surface area (Å²) in [7, 11) is -2.80. The van der Waals surface area contributed by atoms with Gasteiger partial charge in [-0.3, -0.25) is 9.52 Å². The highest BCUT2D eigenvalue weighted by Gasteiger charge is 2.44. The summed E-state index contributed by atoms with van der Waals surface area (Å²) in [6.45, 7) is 4.17. The minimum absolute atomic E-state index is 0.142. The second-order valence-corrected chi connectivity index (χ2v) is 15.4. The topological polar surface area (TPSA) is 78.9 Å². The smallest absolute Gasteiger partial charge is 0.262 e. The quantitative estimate of drug-likeness (QED) is 0.406. The average Bonchev–Trinajstić information content (AvgIpc) is 3.02. The molecule has 2 N–H and O–H groups in total. The van der Waals surface area contributed by atoms with E-state index in [4.69, 9.17) is 16.3 Å². The minimum Gasteiger partial charge on any atom is -0.490 e. The van der Waals surface area contributed by atoms with Crippen LogP contribution < -0.4 is 14.4 Å². The van der Waals surface area contributed by atoms with E-state index in [1.165, 1.54) is 11.1 Å². The summed E-state index contributed by atoms with van der Waals surface area (Å²) in [5.74, 6) is 5.40. The number of carbonyl (C=O) groups excluding carboxylic acids is 1. The summed E-state index contributed by atoms with van der Waals surface area (Å²) in [6.07, 6.45) is 7.36. The van der Waals surface area contributed by atoms with Crippen molar-refractivity contribution in [3.8, 4) is 5.75 Å². The lowest BCUT2D eigenvalue weighted by molar-refractivity contribution is 0.00868. The molecule has 40 heavy (non-hydrogen) atoms. The van der Waals surface area contributed by atoms with E-state index in [1.807, 2.05) is 25.1 Å². The number of aliphatic hydroxyl groups is 1. The molecule has 6 nitrogen and oxygen atoms in total. The Labute approximate surface area is 243 Å². The first-order valence-corrected chi connectivity index (χ1v) is 17.1. The highest BCUT2D eigenvalue weighted by Crippen LogP contribution is 2.47. The maximum Gasteiger partial charge on any atom is 0.262 e. The average molecular weight is 585 g/mol. The van der Waals surface area contributed by atoms with Crippen molar-refractivity contribution in [1.82, 2.24) is 4.72 Å². The molecule has 2 aromatic carbocycles. The van der Waals surface area contributed by atoms with Gasteiger partial charge in [0.25, 0.3) is 5.91 Å². The summed E-state index contributed by atoms with van der Waals surface area (Å²) in [4.78, 5) is 15.7. The molecule has 1 fully saturated rings. The highest BCUT2D eigenvalue weighted by atomic mass is 35.5. The molecule has 4 aliphatic rings. The van der Waals surface area contributed by atoms with Crippen molar-refractivity contribution in [3.63, 3.8) is 0 Å². The van der Waals surface area contributed by atoms with Gasteiger partial charge in [0, 0.05) is 44.6 Å². The number of amides is 1. The van der Waals surface area contributed by atoms with Crippen LogP contribution in [0.2, 0.25) is 5.02 Å². The van der Waals surface area contributed by atoms with Crippen LogP contribution >= 0.6 is 11.6 Å². The van der Waals surface area contributed by atoms with E-state index in [0.29, 0.717) is 23.8 Å². The molecule has 2 aromatic rings. The molecular weight excluding hydrogens is 544 g/mol. The largest absolute Gasteiger partial charge is 0.490 e. The third-order valence-corrected chi connectivity index (χ3v) is 11.7. The van der Waals surface area contributed by atoms with Gasteiger partial charge < -0.3 is 14.7 Å². The van der Waals surface area contributed by atoms with Crippen LogP contribution in [0.25, 0.3) is 0 Å². The third kappa shape index (κ3) is 5.49. The Hall–Kier alpha value is -2.22. The fraction of sp³-hybridized carbons (Fsp3) is 0.562. The normalized spacial score (nSPS) is 34.5. The van der Waals surface area contributed by atoms with Gasteiger partial charge in [-0.1, -0.05) is 31.0 Å².